The smallest absolute Gasteiger partial charge is 0.352 e. The Morgan fingerprint density at radius 3 is 2.57 bits per heavy atom. The normalized spacial score (nSPS) is 16.5. The maximum atomic E-state index is 12.7. The molecule has 0 aliphatic carbocycles. The second kappa shape index (κ2) is 9.94. The topological polar surface area (TPSA) is 41.1 Å². The second-order valence-corrected chi connectivity index (χ2v) is 6.97. The molecule has 3 rings (SSSR count). The number of halogens is 4. The Morgan fingerprint density at radius 1 is 1.11 bits per heavy atom. The summed E-state index contributed by atoms with van der Waals surface area (Å²) in [5.41, 5.74) is 1.60. The fraction of sp³-hybridized carbons (Fsp3) is 0.381. The highest BCUT2D eigenvalue weighted by molar-refractivity contribution is 5.94. The monoisotopic (exact) mass is 412 g/mol. The van der Waals surface area contributed by atoms with Gasteiger partial charge in [-0.25, -0.2) is 0 Å². The van der Waals surface area contributed by atoms with Crippen LogP contribution in [0.1, 0.15) is 33.5 Å². The SMILES string of the molecule is Cl.O=C(NCCc1cccc(C(F)(F)F)c1)c1cccc(CC2CCNC2)c1. The molecule has 152 valence electrons. The first-order chi connectivity index (χ1) is 12.9. The molecule has 2 N–H and O–H groups in total. The van der Waals surface area contributed by atoms with Gasteiger partial charge in [-0.1, -0.05) is 30.3 Å². The number of hydrogen-bond donors (Lipinski definition) is 2. The Hall–Kier alpha value is -2.05. The van der Waals surface area contributed by atoms with Crippen LogP contribution in [-0.4, -0.2) is 25.5 Å². The zero-order chi connectivity index (χ0) is 19.3. The Kier molecular flexibility index (Phi) is 7.89. The average Bonchev–Trinajstić information content (AvgIpc) is 3.14. The van der Waals surface area contributed by atoms with Crippen LogP contribution in [0.3, 0.4) is 0 Å². The summed E-state index contributed by atoms with van der Waals surface area (Å²) < 4.78 is 38.2. The van der Waals surface area contributed by atoms with Crippen molar-refractivity contribution in [2.24, 2.45) is 5.92 Å². The summed E-state index contributed by atoms with van der Waals surface area (Å²) in [7, 11) is 0. The summed E-state index contributed by atoms with van der Waals surface area (Å²) in [5.74, 6) is 0.401. The van der Waals surface area contributed by atoms with Crippen molar-refractivity contribution < 1.29 is 18.0 Å². The largest absolute Gasteiger partial charge is 0.416 e. The van der Waals surface area contributed by atoms with E-state index >= 15 is 0 Å². The molecule has 1 aliphatic heterocycles. The van der Waals surface area contributed by atoms with Crippen molar-refractivity contribution in [3.63, 3.8) is 0 Å². The molecule has 1 atom stereocenters. The highest BCUT2D eigenvalue weighted by Crippen LogP contribution is 2.29. The van der Waals surface area contributed by atoms with Crippen molar-refractivity contribution in [3.8, 4) is 0 Å². The van der Waals surface area contributed by atoms with E-state index in [-0.39, 0.29) is 24.9 Å². The minimum Gasteiger partial charge on any atom is -0.352 e. The van der Waals surface area contributed by atoms with Crippen LogP contribution >= 0.6 is 12.4 Å². The Labute approximate surface area is 169 Å². The van der Waals surface area contributed by atoms with Gasteiger partial charge in [-0.05, 0) is 67.6 Å². The second-order valence-electron chi connectivity index (χ2n) is 6.97. The van der Waals surface area contributed by atoms with Gasteiger partial charge >= 0.3 is 6.18 Å². The van der Waals surface area contributed by atoms with Crippen LogP contribution in [-0.2, 0) is 19.0 Å². The molecule has 0 bridgehead atoms. The van der Waals surface area contributed by atoms with E-state index < -0.39 is 11.7 Å². The van der Waals surface area contributed by atoms with Gasteiger partial charge in [0.1, 0.15) is 0 Å². The third-order valence-corrected chi connectivity index (χ3v) is 4.83. The average molecular weight is 413 g/mol. The molecule has 0 aromatic heterocycles. The highest BCUT2D eigenvalue weighted by atomic mass is 35.5. The Morgan fingerprint density at radius 2 is 1.86 bits per heavy atom. The molecule has 2 aromatic carbocycles. The van der Waals surface area contributed by atoms with Gasteiger partial charge in [0.05, 0.1) is 5.56 Å². The van der Waals surface area contributed by atoms with Crippen LogP contribution in [0.15, 0.2) is 48.5 Å². The summed E-state index contributed by atoms with van der Waals surface area (Å²) in [6.07, 6.45) is -1.91. The van der Waals surface area contributed by atoms with Crippen LogP contribution < -0.4 is 10.6 Å². The van der Waals surface area contributed by atoms with E-state index in [0.29, 0.717) is 23.5 Å². The van der Waals surface area contributed by atoms with Crippen LogP contribution in [0.5, 0.6) is 0 Å². The molecule has 0 saturated carbocycles. The summed E-state index contributed by atoms with van der Waals surface area (Å²) in [6.45, 7) is 2.34. The maximum absolute atomic E-state index is 12.7. The number of amides is 1. The van der Waals surface area contributed by atoms with E-state index in [1.807, 2.05) is 18.2 Å². The van der Waals surface area contributed by atoms with E-state index in [1.54, 1.807) is 12.1 Å². The van der Waals surface area contributed by atoms with Gasteiger partial charge in [-0.15, -0.1) is 12.4 Å². The minimum absolute atomic E-state index is 0. The lowest BCUT2D eigenvalue weighted by Crippen LogP contribution is -2.26. The van der Waals surface area contributed by atoms with Crippen molar-refractivity contribution in [2.45, 2.75) is 25.4 Å². The molecule has 28 heavy (non-hydrogen) atoms. The maximum Gasteiger partial charge on any atom is 0.416 e. The summed E-state index contributed by atoms with van der Waals surface area (Å²) in [4.78, 5) is 12.3. The zero-order valence-corrected chi connectivity index (χ0v) is 16.2. The van der Waals surface area contributed by atoms with Gasteiger partial charge in [0.15, 0.2) is 0 Å². The molecular weight excluding hydrogens is 389 g/mol. The lowest BCUT2D eigenvalue weighted by Gasteiger charge is -2.11. The first kappa shape index (κ1) is 22.2. The van der Waals surface area contributed by atoms with E-state index in [1.165, 1.54) is 6.07 Å². The summed E-state index contributed by atoms with van der Waals surface area (Å²) in [5, 5.41) is 6.13. The lowest BCUT2D eigenvalue weighted by molar-refractivity contribution is -0.137. The highest BCUT2D eigenvalue weighted by Gasteiger charge is 2.30. The number of hydrogen-bond acceptors (Lipinski definition) is 2. The fourth-order valence-corrected chi connectivity index (χ4v) is 3.39. The first-order valence-corrected chi connectivity index (χ1v) is 9.16. The molecule has 2 aromatic rings. The van der Waals surface area contributed by atoms with E-state index in [2.05, 4.69) is 10.6 Å². The molecule has 1 amide bonds. The molecule has 3 nitrogen and oxygen atoms in total. The predicted molar refractivity (Wildman–Crippen MR) is 106 cm³/mol. The van der Waals surface area contributed by atoms with Crippen LogP contribution in [0.4, 0.5) is 13.2 Å². The van der Waals surface area contributed by atoms with Gasteiger partial charge in [0.25, 0.3) is 5.91 Å². The molecular formula is C21H24ClF3N2O. The van der Waals surface area contributed by atoms with Crippen molar-refractivity contribution in [1.29, 1.82) is 0 Å². The van der Waals surface area contributed by atoms with Crippen LogP contribution in [0.25, 0.3) is 0 Å². The van der Waals surface area contributed by atoms with Gasteiger partial charge in [-0.3, -0.25) is 4.79 Å². The third kappa shape index (κ3) is 6.24. The van der Waals surface area contributed by atoms with Crippen molar-refractivity contribution in [2.75, 3.05) is 19.6 Å². The molecule has 1 unspecified atom stereocenters. The van der Waals surface area contributed by atoms with Crippen molar-refractivity contribution in [1.82, 2.24) is 10.6 Å². The van der Waals surface area contributed by atoms with E-state index in [9.17, 15) is 18.0 Å². The molecule has 1 fully saturated rings. The number of nitrogens with one attached hydrogen (secondary N) is 2. The number of benzene rings is 2. The van der Waals surface area contributed by atoms with Gasteiger partial charge < -0.3 is 10.6 Å². The number of alkyl halides is 3. The fourth-order valence-electron chi connectivity index (χ4n) is 3.39. The molecule has 0 radical (unpaired) electrons. The lowest BCUT2D eigenvalue weighted by atomic mass is 9.97. The van der Waals surface area contributed by atoms with Crippen molar-refractivity contribution in [3.05, 3.63) is 70.8 Å². The van der Waals surface area contributed by atoms with E-state index in [0.717, 1.165) is 43.6 Å². The first-order valence-electron chi connectivity index (χ1n) is 9.16. The van der Waals surface area contributed by atoms with E-state index in [4.69, 9.17) is 0 Å². The zero-order valence-electron chi connectivity index (χ0n) is 15.4. The van der Waals surface area contributed by atoms with Crippen molar-refractivity contribution >= 4 is 18.3 Å². The number of carbonyl (C=O) groups is 1. The van der Waals surface area contributed by atoms with Gasteiger partial charge in [0.2, 0.25) is 0 Å². The Bertz CT molecular complexity index is 789. The molecule has 1 aliphatic rings. The van der Waals surface area contributed by atoms with Crippen LogP contribution in [0.2, 0.25) is 0 Å². The standard InChI is InChI=1S/C21H23F3N2O.ClH/c22-21(23,24)19-6-2-3-15(13-19)8-10-26-20(27)18-5-1-4-16(12-18)11-17-7-9-25-14-17;/h1-6,12-13,17,25H,7-11,14H2,(H,26,27);1H. The quantitative estimate of drug-likeness (QED) is 0.744. The Balaban J connectivity index is 0.00000280. The van der Waals surface area contributed by atoms with Crippen LogP contribution in [0, 0.1) is 5.92 Å². The number of rotatable bonds is 6. The molecule has 7 heteroatoms. The molecule has 1 heterocycles. The third-order valence-electron chi connectivity index (χ3n) is 4.83. The molecule has 1 saturated heterocycles. The predicted octanol–water partition coefficient (Wildman–Crippen LogP) is 4.25. The molecule has 0 spiro atoms. The summed E-state index contributed by atoms with van der Waals surface area (Å²) >= 11 is 0. The summed E-state index contributed by atoms with van der Waals surface area (Å²) in [6, 6.07) is 12.8. The van der Waals surface area contributed by atoms with Gasteiger partial charge in [0, 0.05) is 12.1 Å². The number of carbonyl (C=O) groups excluding carboxylic acids is 1. The van der Waals surface area contributed by atoms with Gasteiger partial charge in [-0.2, -0.15) is 13.2 Å². The minimum atomic E-state index is -4.35.